The van der Waals surface area contributed by atoms with Gasteiger partial charge in [-0.25, -0.2) is 0 Å². The quantitative estimate of drug-likeness (QED) is 0.629. The number of fused-ring (bicyclic) bond motifs is 5. The number of Topliss-reactive ketones (excluding diaryl/α,β-unsaturated/α-hetero) is 1. The second kappa shape index (κ2) is 5.28. The van der Waals surface area contributed by atoms with Crippen molar-refractivity contribution >= 4 is 21.7 Å². The summed E-state index contributed by atoms with van der Waals surface area (Å²) in [7, 11) is 0. The monoisotopic (exact) mass is 384 g/mol. The third-order valence-electron chi connectivity index (χ3n) is 8.35. The average Bonchev–Trinajstić information content (AvgIpc) is 2.73. The molecule has 4 fully saturated rings. The summed E-state index contributed by atoms with van der Waals surface area (Å²) in [4.78, 5) is 12.7. The number of carbonyl (C=O) groups is 1. The van der Waals surface area contributed by atoms with Gasteiger partial charge in [0.1, 0.15) is 0 Å². The molecule has 9 atom stereocenters. The van der Waals surface area contributed by atoms with Gasteiger partial charge >= 0.3 is 0 Å². The molecule has 130 valence electrons. The molecule has 0 saturated heterocycles. The van der Waals surface area contributed by atoms with E-state index in [4.69, 9.17) is 0 Å². The first-order valence-electron chi connectivity index (χ1n) is 9.32. The highest BCUT2D eigenvalue weighted by Crippen LogP contribution is 2.65. The molecule has 4 rings (SSSR count). The molecular formula is C19H29BrO3. The van der Waals surface area contributed by atoms with Crippen molar-refractivity contribution in [2.75, 3.05) is 0 Å². The number of hydrogen-bond donors (Lipinski definition) is 2. The van der Waals surface area contributed by atoms with E-state index < -0.39 is 0 Å². The van der Waals surface area contributed by atoms with E-state index in [0.717, 1.165) is 44.9 Å². The van der Waals surface area contributed by atoms with Gasteiger partial charge in [0.25, 0.3) is 0 Å². The van der Waals surface area contributed by atoms with E-state index in [-0.39, 0.29) is 33.8 Å². The molecule has 4 heteroatoms. The summed E-state index contributed by atoms with van der Waals surface area (Å²) in [6.07, 6.45) is 6.04. The van der Waals surface area contributed by atoms with Crippen molar-refractivity contribution in [3.8, 4) is 0 Å². The van der Waals surface area contributed by atoms with E-state index in [1.54, 1.807) is 0 Å². The van der Waals surface area contributed by atoms with Gasteiger partial charge < -0.3 is 10.2 Å². The molecule has 4 unspecified atom stereocenters. The van der Waals surface area contributed by atoms with Crippen molar-refractivity contribution in [1.82, 2.24) is 0 Å². The lowest BCUT2D eigenvalue weighted by Crippen LogP contribution is -2.58. The third kappa shape index (κ3) is 2.17. The maximum atomic E-state index is 12.7. The van der Waals surface area contributed by atoms with Gasteiger partial charge in [0.2, 0.25) is 0 Å². The Morgan fingerprint density at radius 3 is 2.52 bits per heavy atom. The van der Waals surface area contributed by atoms with Crippen LogP contribution in [0, 0.1) is 34.5 Å². The zero-order valence-corrected chi connectivity index (χ0v) is 15.8. The van der Waals surface area contributed by atoms with Crippen LogP contribution in [0.5, 0.6) is 0 Å². The second-order valence-corrected chi connectivity index (χ2v) is 10.4. The smallest absolute Gasteiger partial charge is 0.152 e. The molecule has 2 N–H and O–H groups in total. The Morgan fingerprint density at radius 1 is 1.04 bits per heavy atom. The molecule has 0 aromatic heterocycles. The van der Waals surface area contributed by atoms with Crippen LogP contribution in [-0.2, 0) is 4.79 Å². The van der Waals surface area contributed by atoms with Crippen LogP contribution >= 0.6 is 15.9 Å². The minimum absolute atomic E-state index is 0.0258. The lowest BCUT2D eigenvalue weighted by molar-refractivity contribution is -0.171. The maximum absolute atomic E-state index is 12.7. The van der Waals surface area contributed by atoms with Gasteiger partial charge in [-0.2, -0.15) is 0 Å². The fourth-order valence-electron chi connectivity index (χ4n) is 6.95. The molecule has 0 aromatic rings. The van der Waals surface area contributed by atoms with Crippen LogP contribution in [-0.4, -0.2) is 33.0 Å². The standard InChI is InChI=1S/C19H29BrO3/c1-18-5-3-11(21)7-10(18)8-15(22)16-12(18)4-6-19(2)13(16)9-14(20)17(19)23/h10-16,21-22H,3-9H2,1-2H3/t10-,11-,12?,13?,14+,15?,16?,18-,19-/m0/s1. The summed E-state index contributed by atoms with van der Waals surface area (Å²) < 4.78 is 0. The lowest BCUT2D eigenvalue weighted by atomic mass is 9.44. The largest absolute Gasteiger partial charge is 0.393 e. The molecule has 0 aromatic carbocycles. The number of aliphatic hydroxyl groups is 2. The fourth-order valence-corrected chi connectivity index (χ4v) is 7.88. The molecule has 0 spiro atoms. The molecule has 0 amide bonds. The van der Waals surface area contributed by atoms with E-state index in [0.29, 0.717) is 23.5 Å². The summed E-state index contributed by atoms with van der Waals surface area (Å²) >= 11 is 3.59. The first-order chi connectivity index (χ1) is 10.8. The first kappa shape index (κ1) is 16.5. The van der Waals surface area contributed by atoms with Crippen molar-refractivity contribution in [3.63, 3.8) is 0 Å². The van der Waals surface area contributed by atoms with Gasteiger partial charge in [0.15, 0.2) is 5.78 Å². The van der Waals surface area contributed by atoms with Crippen LogP contribution in [0.1, 0.15) is 58.8 Å². The fraction of sp³-hybridized carbons (Fsp3) is 0.947. The van der Waals surface area contributed by atoms with Crippen LogP contribution in [0.2, 0.25) is 0 Å². The molecule has 0 heterocycles. The molecule has 0 radical (unpaired) electrons. The number of carbonyl (C=O) groups excluding carboxylic acids is 1. The maximum Gasteiger partial charge on any atom is 0.152 e. The Morgan fingerprint density at radius 2 is 1.78 bits per heavy atom. The van der Waals surface area contributed by atoms with E-state index >= 15 is 0 Å². The first-order valence-corrected chi connectivity index (χ1v) is 10.2. The van der Waals surface area contributed by atoms with Gasteiger partial charge in [-0.3, -0.25) is 4.79 Å². The van der Waals surface area contributed by atoms with E-state index in [1.807, 2.05) is 0 Å². The van der Waals surface area contributed by atoms with Crippen LogP contribution in [0.25, 0.3) is 0 Å². The topological polar surface area (TPSA) is 57.5 Å². The summed E-state index contributed by atoms with van der Waals surface area (Å²) in [6.45, 7) is 4.54. The van der Waals surface area contributed by atoms with Crippen molar-refractivity contribution in [3.05, 3.63) is 0 Å². The van der Waals surface area contributed by atoms with E-state index in [2.05, 4.69) is 29.8 Å². The summed E-state index contributed by atoms with van der Waals surface area (Å²) in [5.74, 6) is 1.88. The number of halogens is 1. The molecular weight excluding hydrogens is 356 g/mol. The van der Waals surface area contributed by atoms with Gasteiger partial charge in [0.05, 0.1) is 17.0 Å². The Kier molecular flexibility index (Phi) is 3.80. The summed E-state index contributed by atoms with van der Waals surface area (Å²) in [5.41, 5.74) is -0.00834. The van der Waals surface area contributed by atoms with Crippen molar-refractivity contribution in [2.45, 2.75) is 75.8 Å². The molecule has 3 nitrogen and oxygen atoms in total. The number of aliphatic hydroxyl groups excluding tert-OH is 2. The van der Waals surface area contributed by atoms with Crippen molar-refractivity contribution < 1.29 is 15.0 Å². The lowest BCUT2D eigenvalue weighted by Gasteiger charge is -2.61. The average molecular weight is 385 g/mol. The van der Waals surface area contributed by atoms with Gasteiger partial charge in [0, 0.05) is 5.41 Å². The number of alkyl halides is 1. The highest BCUT2D eigenvalue weighted by Gasteiger charge is 2.64. The molecule has 4 saturated carbocycles. The number of ketones is 1. The second-order valence-electron chi connectivity index (χ2n) is 9.25. The molecule has 4 aliphatic carbocycles. The minimum atomic E-state index is -0.307. The normalized spacial score (nSPS) is 59.2. The van der Waals surface area contributed by atoms with Gasteiger partial charge in [-0.15, -0.1) is 0 Å². The van der Waals surface area contributed by atoms with Crippen molar-refractivity contribution in [1.29, 1.82) is 0 Å². The minimum Gasteiger partial charge on any atom is -0.393 e. The molecule has 0 aliphatic heterocycles. The van der Waals surface area contributed by atoms with Gasteiger partial charge in [-0.05, 0) is 74.0 Å². The highest BCUT2D eigenvalue weighted by molar-refractivity contribution is 9.10. The predicted molar refractivity (Wildman–Crippen MR) is 92.2 cm³/mol. The van der Waals surface area contributed by atoms with Gasteiger partial charge in [-0.1, -0.05) is 29.8 Å². The van der Waals surface area contributed by atoms with Crippen LogP contribution in [0.3, 0.4) is 0 Å². The number of rotatable bonds is 0. The molecule has 23 heavy (non-hydrogen) atoms. The van der Waals surface area contributed by atoms with Crippen LogP contribution in [0.15, 0.2) is 0 Å². The van der Waals surface area contributed by atoms with Crippen LogP contribution < -0.4 is 0 Å². The van der Waals surface area contributed by atoms with E-state index in [1.165, 1.54) is 0 Å². The van der Waals surface area contributed by atoms with E-state index in [9.17, 15) is 15.0 Å². The van der Waals surface area contributed by atoms with Crippen LogP contribution in [0.4, 0.5) is 0 Å². The Hall–Kier alpha value is 0.0700. The zero-order chi connectivity index (χ0) is 16.6. The predicted octanol–water partition coefficient (Wildman–Crippen LogP) is 3.30. The highest BCUT2D eigenvalue weighted by atomic mass is 79.9. The Labute approximate surface area is 147 Å². The van der Waals surface area contributed by atoms with Crippen molar-refractivity contribution in [2.24, 2.45) is 34.5 Å². The Balaban J connectivity index is 1.69. The summed E-state index contributed by atoms with van der Waals surface area (Å²) in [6, 6.07) is 0. The number of hydrogen-bond acceptors (Lipinski definition) is 3. The molecule has 0 bridgehead atoms. The zero-order valence-electron chi connectivity index (χ0n) is 14.2. The Bertz CT molecular complexity index is 523. The SMILES string of the molecule is C[C@]12CCC3C(C(O)C[C@@H]4C[C@@H](O)CC[C@]34C)C1C[C@@H](Br)C2=O. The third-order valence-corrected chi connectivity index (χ3v) is 9.14. The summed E-state index contributed by atoms with van der Waals surface area (Å²) in [5, 5.41) is 21.0. The molecule has 4 aliphatic rings.